The Morgan fingerprint density at radius 2 is 1.83 bits per heavy atom. The minimum Gasteiger partial charge on any atom is -0.507 e. The Morgan fingerprint density at radius 1 is 1.00 bits per heavy atom. The number of phenolic OH excluding ortho intramolecular Hbond substituents is 1. The Morgan fingerprint density at radius 3 is 2.52 bits per heavy atom. The van der Waals surface area contributed by atoms with Crippen LogP contribution in [0.3, 0.4) is 0 Å². The molecule has 0 atom stereocenters. The molecule has 5 nitrogen and oxygen atoms in total. The third-order valence-corrected chi connectivity index (χ3v) is 3.49. The summed E-state index contributed by atoms with van der Waals surface area (Å²) in [6.07, 6.45) is 7.05. The zero-order valence-electron chi connectivity index (χ0n) is 12.3. The second-order valence-corrected chi connectivity index (χ2v) is 5.07. The van der Waals surface area contributed by atoms with E-state index in [0.29, 0.717) is 23.2 Å². The van der Waals surface area contributed by atoms with Crippen LogP contribution in [0.15, 0.2) is 66.2 Å². The molecule has 23 heavy (non-hydrogen) atoms. The van der Waals surface area contributed by atoms with Gasteiger partial charge in [0.15, 0.2) is 0 Å². The zero-order valence-corrected chi connectivity index (χ0v) is 12.3. The lowest BCUT2D eigenvalue weighted by Gasteiger charge is -2.11. The molecule has 0 fully saturated rings. The standard InChI is InChI=1S/C18H15N3O2/c22-18-15(12-21-23)10-14(9-13-4-7-19-8-5-13)11-16(18)17-3-1-2-6-20-17/h1-8,10-12,22-23H,9H2/b21-12+. The highest BCUT2D eigenvalue weighted by Crippen LogP contribution is 2.32. The van der Waals surface area contributed by atoms with Crippen LogP contribution in [0.4, 0.5) is 0 Å². The summed E-state index contributed by atoms with van der Waals surface area (Å²) in [5.74, 6) is 0.0416. The molecule has 3 rings (SSSR count). The second kappa shape index (κ2) is 6.70. The molecule has 5 heteroatoms. The van der Waals surface area contributed by atoms with Crippen molar-refractivity contribution in [3.05, 3.63) is 77.7 Å². The number of nitrogens with zero attached hydrogens (tertiary/aromatic N) is 3. The normalized spacial score (nSPS) is 11.0. The van der Waals surface area contributed by atoms with Gasteiger partial charge in [0.2, 0.25) is 0 Å². The molecule has 114 valence electrons. The molecule has 0 amide bonds. The van der Waals surface area contributed by atoms with E-state index in [1.807, 2.05) is 36.4 Å². The van der Waals surface area contributed by atoms with E-state index in [9.17, 15) is 5.11 Å². The van der Waals surface area contributed by atoms with Gasteiger partial charge in [0, 0.05) is 29.7 Å². The van der Waals surface area contributed by atoms with Crippen molar-refractivity contribution in [2.45, 2.75) is 6.42 Å². The van der Waals surface area contributed by atoms with E-state index >= 15 is 0 Å². The molecule has 3 aromatic rings. The minimum absolute atomic E-state index is 0.0416. The van der Waals surface area contributed by atoms with Crippen LogP contribution < -0.4 is 0 Å². The van der Waals surface area contributed by atoms with Gasteiger partial charge in [0.25, 0.3) is 0 Å². The van der Waals surface area contributed by atoms with E-state index < -0.39 is 0 Å². The lowest BCUT2D eigenvalue weighted by molar-refractivity contribution is 0.321. The van der Waals surface area contributed by atoms with Gasteiger partial charge in [-0.05, 0) is 53.9 Å². The van der Waals surface area contributed by atoms with Crippen molar-refractivity contribution < 1.29 is 10.3 Å². The first-order chi connectivity index (χ1) is 11.3. The molecule has 0 unspecified atom stereocenters. The topological polar surface area (TPSA) is 78.6 Å². The van der Waals surface area contributed by atoms with Crippen LogP contribution in [0.25, 0.3) is 11.3 Å². The zero-order chi connectivity index (χ0) is 16.1. The summed E-state index contributed by atoms with van der Waals surface area (Å²) in [7, 11) is 0. The van der Waals surface area contributed by atoms with Crippen molar-refractivity contribution in [2.24, 2.45) is 5.16 Å². The highest BCUT2D eigenvalue weighted by Gasteiger charge is 2.12. The molecule has 2 heterocycles. The van der Waals surface area contributed by atoms with Gasteiger partial charge < -0.3 is 10.3 Å². The number of aromatic hydroxyl groups is 1. The number of benzene rings is 1. The summed E-state index contributed by atoms with van der Waals surface area (Å²) in [6, 6.07) is 13.1. The highest BCUT2D eigenvalue weighted by molar-refractivity contribution is 5.88. The molecule has 0 aliphatic rings. The van der Waals surface area contributed by atoms with Crippen LogP contribution in [0.1, 0.15) is 16.7 Å². The Kier molecular flexibility index (Phi) is 4.29. The fraction of sp³-hybridized carbons (Fsp3) is 0.0556. The number of hydrogen-bond acceptors (Lipinski definition) is 5. The first-order valence-corrected chi connectivity index (χ1v) is 7.11. The summed E-state index contributed by atoms with van der Waals surface area (Å²) in [4.78, 5) is 8.29. The van der Waals surface area contributed by atoms with Gasteiger partial charge in [-0.25, -0.2) is 0 Å². The Bertz CT molecular complexity index is 818. The number of oxime groups is 1. The third-order valence-electron chi connectivity index (χ3n) is 3.49. The molecule has 2 N–H and O–H groups in total. The van der Waals surface area contributed by atoms with Gasteiger partial charge >= 0.3 is 0 Å². The van der Waals surface area contributed by atoms with Gasteiger partial charge in [-0.1, -0.05) is 11.2 Å². The predicted molar refractivity (Wildman–Crippen MR) is 87.8 cm³/mol. The van der Waals surface area contributed by atoms with Gasteiger partial charge in [-0.15, -0.1) is 0 Å². The van der Waals surface area contributed by atoms with Crippen molar-refractivity contribution in [3.63, 3.8) is 0 Å². The van der Waals surface area contributed by atoms with E-state index in [-0.39, 0.29) is 5.75 Å². The molecule has 0 saturated heterocycles. The summed E-state index contributed by atoms with van der Waals surface area (Å²) in [5.41, 5.74) is 3.79. The predicted octanol–water partition coefficient (Wildman–Crippen LogP) is 3.25. The molecule has 0 bridgehead atoms. The van der Waals surface area contributed by atoms with Crippen molar-refractivity contribution in [1.29, 1.82) is 0 Å². The number of aromatic nitrogens is 2. The quantitative estimate of drug-likeness (QED) is 0.440. The lowest BCUT2D eigenvalue weighted by Crippen LogP contribution is -1.95. The van der Waals surface area contributed by atoms with Crippen LogP contribution in [0.2, 0.25) is 0 Å². The number of hydrogen-bond donors (Lipinski definition) is 2. The molecule has 0 spiro atoms. The van der Waals surface area contributed by atoms with Crippen LogP contribution in [-0.2, 0) is 6.42 Å². The average Bonchev–Trinajstić information content (AvgIpc) is 2.59. The Hall–Kier alpha value is -3.21. The fourth-order valence-corrected chi connectivity index (χ4v) is 2.44. The Balaban J connectivity index is 2.08. The SMILES string of the molecule is O/N=C/c1cc(Cc2ccncc2)cc(-c2ccccn2)c1O. The highest BCUT2D eigenvalue weighted by atomic mass is 16.4. The smallest absolute Gasteiger partial charge is 0.133 e. The largest absolute Gasteiger partial charge is 0.507 e. The minimum atomic E-state index is 0.0416. The maximum absolute atomic E-state index is 10.4. The van der Waals surface area contributed by atoms with E-state index in [1.165, 1.54) is 6.21 Å². The van der Waals surface area contributed by atoms with Crippen molar-refractivity contribution in [3.8, 4) is 17.0 Å². The molecular weight excluding hydrogens is 290 g/mol. The molecule has 0 aliphatic carbocycles. The summed E-state index contributed by atoms with van der Waals surface area (Å²) in [5, 5.41) is 22.3. The van der Waals surface area contributed by atoms with Crippen molar-refractivity contribution >= 4 is 6.21 Å². The third kappa shape index (κ3) is 3.35. The summed E-state index contributed by atoms with van der Waals surface area (Å²) in [6.45, 7) is 0. The molecule has 0 aliphatic heterocycles. The number of phenols is 1. The summed E-state index contributed by atoms with van der Waals surface area (Å²) < 4.78 is 0. The molecule has 2 aromatic heterocycles. The van der Waals surface area contributed by atoms with Crippen molar-refractivity contribution in [2.75, 3.05) is 0 Å². The number of rotatable bonds is 4. The second-order valence-electron chi connectivity index (χ2n) is 5.07. The van der Waals surface area contributed by atoms with Crippen LogP contribution in [0, 0.1) is 0 Å². The van der Waals surface area contributed by atoms with E-state index in [2.05, 4.69) is 15.1 Å². The maximum Gasteiger partial charge on any atom is 0.133 e. The van der Waals surface area contributed by atoms with E-state index in [1.54, 1.807) is 24.7 Å². The van der Waals surface area contributed by atoms with Gasteiger partial charge in [0.1, 0.15) is 5.75 Å². The first-order valence-electron chi connectivity index (χ1n) is 7.11. The average molecular weight is 305 g/mol. The summed E-state index contributed by atoms with van der Waals surface area (Å²) >= 11 is 0. The fourth-order valence-electron chi connectivity index (χ4n) is 2.44. The van der Waals surface area contributed by atoms with Gasteiger partial charge in [-0.3, -0.25) is 9.97 Å². The van der Waals surface area contributed by atoms with Crippen LogP contribution in [0.5, 0.6) is 5.75 Å². The molecule has 0 saturated carbocycles. The van der Waals surface area contributed by atoms with Crippen LogP contribution >= 0.6 is 0 Å². The monoisotopic (exact) mass is 305 g/mol. The van der Waals surface area contributed by atoms with Crippen LogP contribution in [-0.4, -0.2) is 26.5 Å². The molecule has 1 aromatic carbocycles. The number of pyridine rings is 2. The van der Waals surface area contributed by atoms with E-state index in [0.717, 1.165) is 11.1 Å². The maximum atomic E-state index is 10.4. The Labute approximate surface area is 133 Å². The van der Waals surface area contributed by atoms with Gasteiger partial charge in [0.05, 0.1) is 11.9 Å². The van der Waals surface area contributed by atoms with Gasteiger partial charge in [-0.2, -0.15) is 0 Å². The first kappa shape index (κ1) is 14.7. The molecule has 0 radical (unpaired) electrons. The van der Waals surface area contributed by atoms with E-state index in [4.69, 9.17) is 5.21 Å². The molecular formula is C18H15N3O2. The lowest BCUT2D eigenvalue weighted by atomic mass is 9.97. The van der Waals surface area contributed by atoms with Crippen molar-refractivity contribution in [1.82, 2.24) is 9.97 Å².